The van der Waals surface area contributed by atoms with Crippen LogP contribution in [0.15, 0.2) is 18.2 Å². The molecule has 0 spiro atoms. The molecule has 2 aliphatic rings. The zero-order valence-corrected chi connectivity index (χ0v) is 18.2. The van der Waals surface area contributed by atoms with E-state index in [1.54, 1.807) is 0 Å². The lowest BCUT2D eigenvalue weighted by molar-refractivity contribution is -0.133. The number of piperazine rings is 1. The number of hydrogen-bond acceptors (Lipinski definition) is 3. The number of anilines is 1. The predicted molar refractivity (Wildman–Crippen MR) is 118 cm³/mol. The largest absolute Gasteiger partial charge is 0.340 e. The quantitative estimate of drug-likeness (QED) is 0.750. The van der Waals surface area contributed by atoms with Crippen molar-refractivity contribution >= 4 is 17.5 Å². The standard InChI is InChI=1S/C24H37N3O2/c1-19-8-6-9-20(2)24(19)25-22(28)18-26-14-16-27(17-15-26)23(29)13-7-12-21-10-4-3-5-11-21/h6,8-9,21H,3-5,7,10-18H2,1-2H3,(H,25,28). The van der Waals surface area contributed by atoms with Crippen LogP contribution in [-0.2, 0) is 9.59 Å². The molecule has 0 unspecified atom stereocenters. The fourth-order valence-electron chi connectivity index (χ4n) is 4.72. The van der Waals surface area contributed by atoms with Crippen LogP contribution in [-0.4, -0.2) is 54.3 Å². The van der Waals surface area contributed by atoms with Gasteiger partial charge in [-0.3, -0.25) is 14.5 Å². The molecule has 5 heteroatoms. The fraction of sp³-hybridized carbons (Fsp3) is 0.667. The zero-order chi connectivity index (χ0) is 20.6. The van der Waals surface area contributed by atoms with Gasteiger partial charge >= 0.3 is 0 Å². The second kappa shape index (κ2) is 10.8. The Morgan fingerprint density at radius 3 is 2.31 bits per heavy atom. The van der Waals surface area contributed by atoms with E-state index in [0.717, 1.165) is 55.3 Å². The maximum Gasteiger partial charge on any atom is 0.238 e. The van der Waals surface area contributed by atoms with Crippen LogP contribution in [0.3, 0.4) is 0 Å². The Labute approximate surface area is 175 Å². The molecule has 1 aromatic carbocycles. The summed E-state index contributed by atoms with van der Waals surface area (Å²) in [5, 5.41) is 3.06. The maximum atomic E-state index is 12.5. The van der Waals surface area contributed by atoms with E-state index >= 15 is 0 Å². The Hall–Kier alpha value is -1.88. The van der Waals surface area contributed by atoms with Gasteiger partial charge in [0.05, 0.1) is 6.54 Å². The Balaban J connectivity index is 1.35. The summed E-state index contributed by atoms with van der Waals surface area (Å²) in [6, 6.07) is 6.04. The van der Waals surface area contributed by atoms with Crippen LogP contribution in [0.25, 0.3) is 0 Å². The molecule has 0 bridgehead atoms. The zero-order valence-electron chi connectivity index (χ0n) is 18.2. The number of benzene rings is 1. The van der Waals surface area contributed by atoms with Gasteiger partial charge in [-0.1, -0.05) is 50.3 Å². The van der Waals surface area contributed by atoms with Crippen molar-refractivity contribution in [3.63, 3.8) is 0 Å². The first-order valence-corrected chi connectivity index (χ1v) is 11.4. The van der Waals surface area contributed by atoms with Gasteiger partial charge in [-0.15, -0.1) is 0 Å². The molecule has 0 atom stereocenters. The number of carbonyl (C=O) groups is 2. The SMILES string of the molecule is Cc1cccc(C)c1NC(=O)CN1CCN(C(=O)CCCC2CCCCC2)CC1. The van der Waals surface area contributed by atoms with Crippen molar-refractivity contribution in [2.24, 2.45) is 5.92 Å². The summed E-state index contributed by atoms with van der Waals surface area (Å²) in [5.41, 5.74) is 3.09. The Morgan fingerprint density at radius 1 is 1.00 bits per heavy atom. The van der Waals surface area contributed by atoms with Crippen molar-refractivity contribution in [3.8, 4) is 0 Å². The number of nitrogens with one attached hydrogen (secondary N) is 1. The van der Waals surface area contributed by atoms with Gasteiger partial charge in [-0.2, -0.15) is 0 Å². The molecule has 2 amide bonds. The number of nitrogens with zero attached hydrogens (tertiary/aromatic N) is 2. The van der Waals surface area contributed by atoms with Gasteiger partial charge < -0.3 is 10.2 Å². The van der Waals surface area contributed by atoms with Gasteiger partial charge in [0.15, 0.2) is 0 Å². The van der Waals surface area contributed by atoms with Crippen LogP contribution in [0.1, 0.15) is 62.5 Å². The molecule has 2 fully saturated rings. The third-order valence-corrected chi connectivity index (χ3v) is 6.57. The number of carbonyl (C=O) groups excluding carboxylic acids is 2. The predicted octanol–water partition coefficient (Wildman–Crippen LogP) is 4.14. The lowest BCUT2D eigenvalue weighted by Crippen LogP contribution is -2.50. The second-order valence-electron chi connectivity index (χ2n) is 8.87. The molecule has 1 aliphatic carbocycles. The van der Waals surface area contributed by atoms with Gasteiger partial charge in [0.1, 0.15) is 0 Å². The second-order valence-corrected chi connectivity index (χ2v) is 8.87. The summed E-state index contributed by atoms with van der Waals surface area (Å²) in [6.07, 6.45) is 9.78. The van der Waals surface area contributed by atoms with Crippen LogP contribution in [0, 0.1) is 19.8 Å². The molecule has 1 heterocycles. The molecule has 0 radical (unpaired) electrons. The van der Waals surface area contributed by atoms with E-state index in [0.29, 0.717) is 18.9 Å². The highest BCUT2D eigenvalue weighted by Crippen LogP contribution is 2.27. The van der Waals surface area contributed by atoms with E-state index in [-0.39, 0.29) is 5.91 Å². The van der Waals surface area contributed by atoms with Crippen molar-refractivity contribution in [1.82, 2.24) is 9.80 Å². The minimum atomic E-state index is 0.0228. The lowest BCUT2D eigenvalue weighted by atomic mass is 9.86. The number of aryl methyl sites for hydroxylation is 2. The van der Waals surface area contributed by atoms with Gasteiger partial charge in [-0.25, -0.2) is 0 Å². The van der Waals surface area contributed by atoms with Crippen molar-refractivity contribution in [3.05, 3.63) is 29.3 Å². The summed E-state index contributed by atoms with van der Waals surface area (Å²) >= 11 is 0. The van der Waals surface area contributed by atoms with Crippen LogP contribution in [0.5, 0.6) is 0 Å². The summed E-state index contributed by atoms with van der Waals surface area (Å²) < 4.78 is 0. The molecule has 1 aromatic rings. The molecule has 5 nitrogen and oxygen atoms in total. The number of hydrogen-bond donors (Lipinski definition) is 1. The Morgan fingerprint density at radius 2 is 1.66 bits per heavy atom. The summed E-state index contributed by atoms with van der Waals surface area (Å²) in [7, 11) is 0. The molecular weight excluding hydrogens is 362 g/mol. The highest BCUT2D eigenvalue weighted by atomic mass is 16.2. The van der Waals surface area contributed by atoms with Crippen LogP contribution in [0.4, 0.5) is 5.69 Å². The Kier molecular flexibility index (Phi) is 8.10. The first-order valence-electron chi connectivity index (χ1n) is 11.4. The molecule has 1 saturated carbocycles. The normalized spacial score (nSPS) is 18.6. The average Bonchev–Trinajstić information content (AvgIpc) is 2.72. The van der Waals surface area contributed by atoms with E-state index in [9.17, 15) is 9.59 Å². The molecule has 29 heavy (non-hydrogen) atoms. The van der Waals surface area contributed by atoms with E-state index in [1.807, 2.05) is 36.9 Å². The van der Waals surface area contributed by atoms with E-state index < -0.39 is 0 Å². The molecule has 0 aromatic heterocycles. The summed E-state index contributed by atoms with van der Waals surface area (Å²) in [5.74, 6) is 1.17. The van der Waals surface area contributed by atoms with Crippen LogP contribution in [0.2, 0.25) is 0 Å². The van der Waals surface area contributed by atoms with Crippen molar-refractivity contribution < 1.29 is 9.59 Å². The number of rotatable bonds is 7. The minimum absolute atomic E-state index is 0.0228. The van der Waals surface area contributed by atoms with Crippen LogP contribution < -0.4 is 5.32 Å². The molecule has 1 N–H and O–H groups in total. The van der Waals surface area contributed by atoms with E-state index in [2.05, 4.69) is 10.2 Å². The molecule has 3 rings (SSSR count). The smallest absolute Gasteiger partial charge is 0.238 e. The lowest BCUT2D eigenvalue weighted by Gasteiger charge is -2.34. The number of para-hydroxylation sites is 1. The molecular formula is C24H37N3O2. The van der Waals surface area contributed by atoms with E-state index in [4.69, 9.17) is 0 Å². The third-order valence-electron chi connectivity index (χ3n) is 6.57. The Bertz CT molecular complexity index is 669. The average molecular weight is 400 g/mol. The topological polar surface area (TPSA) is 52.7 Å². The first-order chi connectivity index (χ1) is 14.0. The van der Waals surface area contributed by atoms with Crippen LogP contribution >= 0.6 is 0 Å². The minimum Gasteiger partial charge on any atom is -0.340 e. The van der Waals surface area contributed by atoms with Crippen molar-refractivity contribution in [2.45, 2.75) is 65.2 Å². The van der Waals surface area contributed by atoms with Gasteiger partial charge in [0.25, 0.3) is 0 Å². The first kappa shape index (κ1) is 21.8. The molecule has 160 valence electrons. The monoisotopic (exact) mass is 399 g/mol. The molecule has 1 aliphatic heterocycles. The fourth-order valence-corrected chi connectivity index (χ4v) is 4.72. The highest BCUT2D eigenvalue weighted by Gasteiger charge is 2.23. The van der Waals surface area contributed by atoms with Gasteiger partial charge in [0.2, 0.25) is 11.8 Å². The summed E-state index contributed by atoms with van der Waals surface area (Å²) in [4.78, 5) is 29.1. The molecule has 1 saturated heterocycles. The van der Waals surface area contributed by atoms with Crippen molar-refractivity contribution in [1.29, 1.82) is 0 Å². The van der Waals surface area contributed by atoms with Crippen molar-refractivity contribution in [2.75, 3.05) is 38.0 Å². The van der Waals surface area contributed by atoms with E-state index in [1.165, 1.54) is 38.5 Å². The number of amides is 2. The maximum absolute atomic E-state index is 12.5. The van der Waals surface area contributed by atoms with Gasteiger partial charge in [-0.05, 0) is 43.7 Å². The van der Waals surface area contributed by atoms with Gasteiger partial charge in [0, 0.05) is 38.3 Å². The third kappa shape index (κ3) is 6.56. The highest BCUT2D eigenvalue weighted by molar-refractivity contribution is 5.93. The summed E-state index contributed by atoms with van der Waals surface area (Å²) in [6.45, 7) is 7.43.